The van der Waals surface area contributed by atoms with Crippen LogP contribution in [0.3, 0.4) is 0 Å². The van der Waals surface area contributed by atoms with E-state index in [9.17, 15) is 4.79 Å². The lowest BCUT2D eigenvalue weighted by molar-refractivity contribution is -0.122. The van der Waals surface area contributed by atoms with E-state index in [1.807, 2.05) is 25.4 Å². The number of nitrogens with zero attached hydrogens (tertiary/aromatic N) is 5. The lowest BCUT2D eigenvalue weighted by Gasteiger charge is -2.20. The number of aromatic nitrogens is 5. The molecule has 4 heterocycles. The number of anilines is 1. The summed E-state index contributed by atoms with van der Waals surface area (Å²) in [6, 6.07) is 12.1. The fourth-order valence-electron chi connectivity index (χ4n) is 3.77. The van der Waals surface area contributed by atoms with E-state index in [0.29, 0.717) is 24.7 Å². The fourth-order valence-corrected chi connectivity index (χ4v) is 4.13. The first-order valence-corrected chi connectivity index (χ1v) is 11.2. The summed E-state index contributed by atoms with van der Waals surface area (Å²) in [5.41, 5.74) is 4.30. The first kappa shape index (κ1) is 20.1. The summed E-state index contributed by atoms with van der Waals surface area (Å²) in [6.45, 7) is 1.25. The van der Waals surface area contributed by atoms with Crippen LogP contribution < -0.4 is 5.32 Å². The largest absolute Gasteiger partial charge is 0.381 e. The maximum Gasteiger partial charge on any atom is 0.228 e. The molecule has 31 heavy (non-hydrogen) atoms. The van der Waals surface area contributed by atoms with Gasteiger partial charge in [0, 0.05) is 47.1 Å². The molecule has 9 heteroatoms. The number of rotatable bonds is 4. The Balaban J connectivity index is 1.44. The van der Waals surface area contributed by atoms with Crippen molar-refractivity contribution in [2.24, 2.45) is 13.0 Å². The highest BCUT2D eigenvalue weighted by atomic mass is 127. The van der Waals surface area contributed by atoms with Gasteiger partial charge in [0.25, 0.3) is 0 Å². The van der Waals surface area contributed by atoms with Crippen LogP contribution in [0.5, 0.6) is 0 Å². The topological polar surface area (TPSA) is 86.3 Å². The molecule has 1 N–H and O–H groups in total. The molecule has 5 rings (SSSR count). The third-order valence-corrected chi connectivity index (χ3v) is 6.10. The summed E-state index contributed by atoms with van der Waals surface area (Å²) >= 11 is 2.29. The summed E-state index contributed by atoms with van der Waals surface area (Å²) in [5.74, 6) is 0.458. The van der Waals surface area contributed by atoms with Gasteiger partial charge in [-0.3, -0.25) is 9.48 Å². The van der Waals surface area contributed by atoms with Gasteiger partial charge in [-0.15, -0.1) is 0 Å². The third-order valence-electron chi connectivity index (χ3n) is 5.39. The van der Waals surface area contributed by atoms with E-state index in [4.69, 9.17) is 9.84 Å². The number of ether oxygens (including phenoxy) is 1. The Morgan fingerprint density at radius 3 is 2.65 bits per heavy atom. The average Bonchev–Trinajstić information content (AvgIpc) is 3.37. The minimum absolute atomic E-state index is 0.0137. The predicted octanol–water partition coefficient (Wildman–Crippen LogP) is 3.77. The summed E-state index contributed by atoms with van der Waals surface area (Å²) < 4.78 is 10.00. The summed E-state index contributed by atoms with van der Waals surface area (Å²) in [6.07, 6.45) is 5.19. The third kappa shape index (κ3) is 4.19. The Morgan fingerprint density at radius 1 is 1.10 bits per heavy atom. The molecule has 0 saturated carbocycles. The van der Waals surface area contributed by atoms with E-state index in [0.717, 1.165) is 35.4 Å². The maximum absolute atomic E-state index is 12.5. The lowest BCUT2D eigenvalue weighted by Crippen LogP contribution is -2.28. The van der Waals surface area contributed by atoms with Gasteiger partial charge in [-0.1, -0.05) is 12.1 Å². The molecule has 0 radical (unpaired) electrons. The van der Waals surface area contributed by atoms with Crippen molar-refractivity contribution in [1.82, 2.24) is 24.4 Å². The number of carbonyl (C=O) groups excluding carboxylic acids is 1. The molecule has 0 aliphatic carbocycles. The summed E-state index contributed by atoms with van der Waals surface area (Å²) in [5, 5.41) is 12.3. The summed E-state index contributed by atoms with van der Waals surface area (Å²) in [7, 11) is 1.90. The number of aryl methyl sites for hydroxylation is 1. The van der Waals surface area contributed by atoms with Gasteiger partial charge in [0.2, 0.25) is 5.91 Å². The zero-order valence-corrected chi connectivity index (χ0v) is 19.1. The van der Waals surface area contributed by atoms with Gasteiger partial charge in [-0.25, -0.2) is 9.50 Å². The standard InChI is InChI=1S/C22H21IN6O2/c1-28-12-17(21(27-28)14-2-4-16(23)5-3-14)18-6-7-20-24-19(13-29(20)26-18)25-22(30)15-8-10-31-11-9-15/h2-7,12-13,15H,8-11H2,1H3,(H,25,30). The van der Waals surface area contributed by atoms with Crippen molar-refractivity contribution in [3.8, 4) is 22.5 Å². The SMILES string of the molecule is Cn1cc(-c2ccc3nc(NC(=O)C4CCOCC4)cn3n2)c(-c2ccc(I)cc2)n1. The number of fused-ring (bicyclic) bond motifs is 1. The molecule has 1 fully saturated rings. The predicted molar refractivity (Wildman–Crippen MR) is 126 cm³/mol. The van der Waals surface area contributed by atoms with Crippen LogP contribution in [0.25, 0.3) is 28.2 Å². The van der Waals surface area contributed by atoms with Crippen LogP contribution in [-0.4, -0.2) is 43.5 Å². The van der Waals surface area contributed by atoms with Crippen LogP contribution >= 0.6 is 22.6 Å². The number of amides is 1. The van der Waals surface area contributed by atoms with Crippen LogP contribution in [0.15, 0.2) is 48.8 Å². The maximum atomic E-state index is 12.5. The molecule has 1 aliphatic rings. The van der Waals surface area contributed by atoms with Gasteiger partial charge in [-0.2, -0.15) is 10.2 Å². The van der Waals surface area contributed by atoms with Crippen LogP contribution in [0.2, 0.25) is 0 Å². The second-order valence-corrected chi connectivity index (χ2v) is 8.84. The number of benzene rings is 1. The van der Waals surface area contributed by atoms with Crippen LogP contribution in [0, 0.1) is 9.49 Å². The molecule has 4 aromatic rings. The van der Waals surface area contributed by atoms with Gasteiger partial charge >= 0.3 is 0 Å². The van der Waals surface area contributed by atoms with E-state index in [1.165, 1.54) is 3.57 Å². The minimum Gasteiger partial charge on any atom is -0.381 e. The van der Waals surface area contributed by atoms with Crippen molar-refractivity contribution in [2.45, 2.75) is 12.8 Å². The molecular formula is C22H21IN6O2. The monoisotopic (exact) mass is 528 g/mol. The van der Waals surface area contributed by atoms with Crippen molar-refractivity contribution in [3.63, 3.8) is 0 Å². The van der Waals surface area contributed by atoms with Gasteiger partial charge < -0.3 is 10.1 Å². The Hall–Kier alpha value is -2.79. The van der Waals surface area contributed by atoms with Crippen molar-refractivity contribution < 1.29 is 9.53 Å². The molecule has 8 nitrogen and oxygen atoms in total. The van der Waals surface area contributed by atoms with E-state index >= 15 is 0 Å². The number of halogens is 1. The smallest absolute Gasteiger partial charge is 0.228 e. The highest BCUT2D eigenvalue weighted by Crippen LogP contribution is 2.30. The molecule has 0 bridgehead atoms. The quantitative estimate of drug-likeness (QED) is 0.408. The molecule has 0 unspecified atom stereocenters. The van der Waals surface area contributed by atoms with Crippen LogP contribution in [0.4, 0.5) is 5.82 Å². The number of carbonyl (C=O) groups is 1. The van der Waals surface area contributed by atoms with Crippen LogP contribution in [-0.2, 0) is 16.6 Å². The van der Waals surface area contributed by atoms with E-state index in [1.54, 1.807) is 15.4 Å². The Kier molecular flexibility index (Phi) is 5.45. The number of nitrogens with one attached hydrogen (secondary N) is 1. The van der Waals surface area contributed by atoms with Crippen molar-refractivity contribution in [2.75, 3.05) is 18.5 Å². The molecule has 0 atom stereocenters. The first-order chi connectivity index (χ1) is 15.1. The highest BCUT2D eigenvalue weighted by Gasteiger charge is 2.22. The van der Waals surface area contributed by atoms with E-state index in [-0.39, 0.29) is 11.8 Å². The molecular weight excluding hydrogens is 507 g/mol. The molecule has 1 aliphatic heterocycles. The number of hydrogen-bond donors (Lipinski definition) is 1. The van der Waals surface area contributed by atoms with Crippen molar-refractivity contribution in [1.29, 1.82) is 0 Å². The lowest BCUT2D eigenvalue weighted by atomic mass is 10.00. The second-order valence-electron chi connectivity index (χ2n) is 7.60. The number of hydrogen-bond acceptors (Lipinski definition) is 5. The van der Waals surface area contributed by atoms with Crippen molar-refractivity contribution in [3.05, 3.63) is 52.4 Å². The Bertz CT molecular complexity index is 1240. The highest BCUT2D eigenvalue weighted by molar-refractivity contribution is 14.1. The molecule has 1 saturated heterocycles. The Morgan fingerprint density at radius 2 is 1.87 bits per heavy atom. The fraction of sp³-hybridized carbons (Fsp3) is 0.273. The molecule has 1 amide bonds. The summed E-state index contributed by atoms with van der Waals surface area (Å²) in [4.78, 5) is 17.0. The minimum atomic E-state index is -0.0334. The van der Waals surface area contributed by atoms with E-state index < -0.39 is 0 Å². The molecule has 0 spiro atoms. The van der Waals surface area contributed by atoms with Crippen molar-refractivity contribution >= 4 is 40.0 Å². The van der Waals surface area contributed by atoms with Gasteiger partial charge in [0.05, 0.1) is 11.9 Å². The normalized spacial score (nSPS) is 14.8. The molecule has 1 aromatic carbocycles. The zero-order chi connectivity index (χ0) is 21.4. The second kappa shape index (κ2) is 8.39. The van der Waals surface area contributed by atoms with Gasteiger partial charge in [0.15, 0.2) is 11.5 Å². The Labute approximate surface area is 192 Å². The molecule has 3 aromatic heterocycles. The van der Waals surface area contributed by atoms with Crippen LogP contribution in [0.1, 0.15) is 12.8 Å². The average molecular weight is 528 g/mol. The number of imidazole rings is 1. The first-order valence-electron chi connectivity index (χ1n) is 10.1. The van der Waals surface area contributed by atoms with Gasteiger partial charge in [-0.05, 0) is 59.7 Å². The zero-order valence-electron chi connectivity index (χ0n) is 17.0. The van der Waals surface area contributed by atoms with Gasteiger partial charge in [0.1, 0.15) is 5.69 Å². The van der Waals surface area contributed by atoms with E-state index in [2.05, 4.69) is 62.3 Å². The molecule has 158 valence electrons.